The van der Waals surface area contributed by atoms with E-state index in [-0.39, 0.29) is 0 Å². The predicted octanol–water partition coefficient (Wildman–Crippen LogP) is 5.12. The van der Waals surface area contributed by atoms with Crippen LogP contribution in [0, 0.1) is 25.2 Å². The Labute approximate surface area is 124 Å². The topological polar surface area (TPSA) is 20.2 Å². The van der Waals surface area contributed by atoms with Crippen LogP contribution < -0.4 is 0 Å². The SMILES string of the molecule is CCC(C)(C)C1CCC(O)(c2ccc(C)c(C)c2)CC1. The first kappa shape index (κ1) is 15.6. The first-order valence-corrected chi connectivity index (χ1v) is 8.08. The Morgan fingerprint density at radius 1 is 1.15 bits per heavy atom. The molecule has 0 spiro atoms. The highest BCUT2D eigenvalue weighted by molar-refractivity contribution is 5.33. The molecule has 1 heteroatoms. The Morgan fingerprint density at radius 3 is 2.25 bits per heavy atom. The van der Waals surface area contributed by atoms with Crippen molar-refractivity contribution in [2.45, 2.75) is 72.3 Å². The van der Waals surface area contributed by atoms with Gasteiger partial charge in [-0.25, -0.2) is 0 Å². The van der Waals surface area contributed by atoms with Crippen LogP contribution in [-0.4, -0.2) is 5.11 Å². The molecule has 0 aromatic heterocycles. The molecule has 0 heterocycles. The number of rotatable bonds is 3. The molecular weight excluding hydrogens is 244 g/mol. The van der Waals surface area contributed by atoms with Crippen molar-refractivity contribution in [2.24, 2.45) is 11.3 Å². The second kappa shape index (κ2) is 5.52. The first-order valence-electron chi connectivity index (χ1n) is 8.08. The van der Waals surface area contributed by atoms with Crippen LogP contribution >= 0.6 is 0 Å². The summed E-state index contributed by atoms with van der Waals surface area (Å²) in [6.45, 7) is 11.3. The molecule has 1 aliphatic carbocycles. The predicted molar refractivity (Wildman–Crippen MR) is 85.8 cm³/mol. The molecule has 0 saturated heterocycles. The fraction of sp³-hybridized carbons (Fsp3) is 0.684. The second-order valence-corrected chi connectivity index (χ2v) is 7.45. The van der Waals surface area contributed by atoms with Crippen LogP contribution in [0.3, 0.4) is 0 Å². The van der Waals surface area contributed by atoms with E-state index < -0.39 is 5.60 Å². The summed E-state index contributed by atoms with van der Waals surface area (Å²) < 4.78 is 0. The lowest BCUT2D eigenvalue weighted by atomic mass is 9.65. The van der Waals surface area contributed by atoms with Gasteiger partial charge in [-0.3, -0.25) is 0 Å². The molecule has 0 bridgehead atoms. The van der Waals surface area contributed by atoms with Crippen molar-refractivity contribution >= 4 is 0 Å². The van der Waals surface area contributed by atoms with Crippen LogP contribution in [0.5, 0.6) is 0 Å². The van der Waals surface area contributed by atoms with Crippen LogP contribution in [0.2, 0.25) is 0 Å². The Morgan fingerprint density at radius 2 is 1.75 bits per heavy atom. The zero-order chi connectivity index (χ0) is 15.0. The van der Waals surface area contributed by atoms with Crippen molar-refractivity contribution in [3.8, 4) is 0 Å². The maximum absolute atomic E-state index is 11.0. The van der Waals surface area contributed by atoms with Crippen LogP contribution in [0.4, 0.5) is 0 Å². The molecule has 2 rings (SSSR count). The van der Waals surface area contributed by atoms with Crippen molar-refractivity contribution in [1.29, 1.82) is 0 Å². The van der Waals surface area contributed by atoms with E-state index in [1.54, 1.807) is 0 Å². The van der Waals surface area contributed by atoms with Gasteiger partial charge in [-0.05, 0) is 67.6 Å². The monoisotopic (exact) mass is 274 g/mol. The summed E-state index contributed by atoms with van der Waals surface area (Å²) >= 11 is 0. The quantitative estimate of drug-likeness (QED) is 0.811. The van der Waals surface area contributed by atoms with E-state index in [0.29, 0.717) is 5.41 Å². The fourth-order valence-corrected chi connectivity index (χ4v) is 3.49. The highest BCUT2D eigenvalue weighted by atomic mass is 16.3. The van der Waals surface area contributed by atoms with Gasteiger partial charge in [-0.15, -0.1) is 0 Å². The third-order valence-corrected chi connectivity index (χ3v) is 5.87. The lowest BCUT2D eigenvalue weighted by Crippen LogP contribution is -2.36. The average molecular weight is 274 g/mol. The zero-order valence-corrected chi connectivity index (χ0v) is 13.8. The van der Waals surface area contributed by atoms with Crippen molar-refractivity contribution in [3.63, 3.8) is 0 Å². The summed E-state index contributed by atoms with van der Waals surface area (Å²) in [6, 6.07) is 6.44. The van der Waals surface area contributed by atoms with Crippen molar-refractivity contribution < 1.29 is 5.11 Å². The highest BCUT2D eigenvalue weighted by Gasteiger charge is 2.39. The minimum Gasteiger partial charge on any atom is -0.385 e. The zero-order valence-electron chi connectivity index (χ0n) is 13.8. The molecule has 0 radical (unpaired) electrons. The van der Waals surface area contributed by atoms with E-state index in [1.807, 2.05) is 0 Å². The standard InChI is InChI=1S/C19H30O/c1-6-18(4,5)16-9-11-19(20,12-10-16)17-8-7-14(2)15(3)13-17/h7-8,13,16,20H,6,9-12H2,1-5H3. The third kappa shape index (κ3) is 2.93. The molecular formula is C19H30O. The molecule has 1 N–H and O–H groups in total. The molecule has 1 aromatic rings. The fourth-order valence-electron chi connectivity index (χ4n) is 3.49. The normalized spacial score (nSPS) is 27.6. The van der Waals surface area contributed by atoms with E-state index >= 15 is 0 Å². The number of hydrogen-bond donors (Lipinski definition) is 1. The average Bonchev–Trinajstić information content (AvgIpc) is 2.42. The van der Waals surface area contributed by atoms with E-state index in [2.05, 4.69) is 52.8 Å². The van der Waals surface area contributed by atoms with Crippen LogP contribution in [-0.2, 0) is 5.60 Å². The molecule has 1 fully saturated rings. The molecule has 20 heavy (non-hydrogen) atoms. The van der Waals surface area contributed by atoms with Crippen LogP contribution in [0.15, 0.2) is 18.2 Å². The number of hydrogen-bond acceptors (Lipinski definition) is 1. The van der Waals surface area contributed by atoms with E-state index in [4.69, 9.17) is 0 Å². The molecule has 0 atom stereocenters. The van der Waals surface area contributed by atoms with Gasteiger partial charge in [-0.2, -0.15) is 0 Å². The number of aliphatic hydroxyl groups is 1. The molecule has 0 amide bonds. The summed E-state index contributed by atoms with van der Waals surface area (Å²) in [7, 11) is 0. The van der Waals surface area contributed by atoms with E-state index in [0.717, 1.165) is 37.2 Å². The van der Waals surface area contributed by atoms with E-state index in [1.165, 1.54) is 17.5 Å². The van der Waals surface area contributed by atoms with Crippen LogP contribution in [0.1, 0.15) is 69.6 Å². The largest absolute Gasteiger partial charge is 0.385 e. The Kier molecular flexibility index (Phi) is 4.30. The van der Waals surface area contributed by atoms with Gasteiger partial charge < -0.3 is 5.11 Å². The van der Waals surface area contributed by atoms with E-state index in [9.17, 15) is 5.11 Å². The van der Waals surface area contributed by atoms with Crippen LogP contribution in [0.25, 0.3) is 0 Å². The highest BCUT2D eigenvalue weighted by Crippen LogP contribution is 2.46. The maximum atomic E-state index is 11.0. The third-order valence-electron chi connectivity index (χ3n) is 5.87. The van der Waals surface area contributed by atoms with Crippen molar-refractivity contribution in [3.05, 3.63) is 34.9 Å². The molecule has 0 aliphatic heterocycles. The number of aryl methyl sites for hydroxylation is 2. The lowest BCUT2D eigenvalue weighted by molar-refractivity contribution is -0.0328. The summed E-state index contributed by atoms with van der Waals surface area (Å²) in [6.07, 6.45) is 5.32. The Bertz CT molecular complexity index is 465. The van der Waals surface area contributed by atoms with Gasteiger partial charge in [0.05, 0.1) is 5.60 Å². The molecule has 0 unspecified atom stereocenters. The molecule has 112 valence electrons. The smallest absolute Gasteiger partial charge is 0.0896 e. The Balaban J connectivity index is 2.13. The molecule has 1 saturated carbocycles. The summed E-state index contributed by atoms with van der Waals surface area (Å²) in [5.41, 5.74) is 3.52. The van der Waals surface area contributed by atoms with Crippen molar-refractivity contribution in [1.82, 2.24) is 0 Å². The van der Waals surface area contributed by atoms with Gasteiger partial charge in [0.15, 0.2) is 0 Å². The van der Waals surface area contributed by atoms with Gasteiger partial charge in [0.1, 0.15) is 0 Å². The van der Waals surface area contributed by atoms with Gasteiger partial charge in [0.25, 0.3) is 0 Å². The molecule has 1 aliphatic rings. The van der Waals surface area contributed by atoms with Gasteiger partial charge >= 0.3 is 0 Å². The first-order chi connectivity index (χ1) is 9.28. The summed E-state index contributed by atoms with van der Waals surface area (Å²) in [4.78, 5) is 0. The maximum Gasteiger partial charge on any atom is 0.0896 e. The summed E-state index contributed by atoms with van der Waals surface area (Å²) in [5, 5.41) is 11.0. The molecule has 1 aromatic carbocycles. The van der Waals surface area contributed by atoms with Gasteiger partial charge in [-0.1, -0.05) is 45.4 Å². The molecule has 1 nitrogen and oxygen atoms in total. The second-order valence-electron chi connectivity index (χ2n) is 7.45. The lowest BCUT2D eigenvalue weighted by Gasteiger charge is -2.43. The van der Waals surface area contributed by atoms with Gasteiger partial charge in [0.2, 0.25) is 0 Å². The van der Waals surface area contributed by atoms with Gasteiger partial charge in [0, 0.05) is 0 Å². The minimum atomic E-state index is -0.598. The minimum absolute atomic E-state index is 0.407. The Hall–Kier alpha value is -0.820. The summed E-state index contributed by atoms with van der Waals surface area (Å²) in [5.74, 6) is 0.749. The number of benzene rings is 1. The van der Waals surface area contributed by atoms with Crippen molar-refractivity contribution in [2.75, 3.05) is 0 Å².